The van der Waals surface area contributed by atoms with E-state index in [0.717, 1.165) is 25.7 Å². The first-order valence-electron chi connectivity index (χ1n) is 6.97. The van der Waals surface area contributed by atoms with E-state index in [9.17, 15) is 14.6 Å². The fourth-order valence-electron chi connectivity index (χ4n) is 2.99. The highest BCUT2D eigenvalue weighted by Gasteiger charge is 2.53. The van der Waals surface area contributed by atoms with Gasteiger partial charge in [0.25, 0.3) is 0 Å². The molecule has 7 heteroatoms. The number of phosphoric ester groups is 1. The average Bonchev–Trinajstić information content (AvgIpc) is 2.65. The van der Waals surface area contributed by atoms with Crippen molar-refractivity contribution >= 4 is 7.82 Å². The van der Waals surface area contributed by atoms with Crippen molar-refractivity contribution in [3.63, 3.8) is 0 Å². The molecule has 2 aliphatic heterocycles. The van der Waals surface area contributed by atoms with Gasteiger partial charge in [0.2, 0.25) is 0 Å². The predicted octanol–water partition coefficient (Wildman–Crippen LogP) is 1.85. The van der Waals surface area contributed by atoms with Crippen molar-refractivity contribution in [2.75, 3.05) is 6.61 Å². The molecule has 5 unspecified atom stereocenters. The minimum atomic E-state index is -4.02. The molecule has 2 fully saturated rings. The molecule has 2 rings (SSSR count). The minimum Gasteiger partial charge on any atom is -0.388 e. The summed E-state index contributed by atoms with van der Waals surface area (Å²) in [5, 5.41) is 10.3. The highest BCUT2D eigenvalue weighted by Crippen LogP contribution is 2.52. The monoisotopic (exact) mass is 294 g/mol. The zero-order valence-electron chi connectivity index (χ0n) is 11.4. The maximum absolute atomic E-state index is 11.4. The minimum absolute atomic E-state index is 0.00300. The molecule has 0 aromatic carbocycles. The molecule has 2 aliphatic rings. The van der Waals surface area contributed by atoms with Crippen LogP contribution in [0.5, 0.6) is 0 Å². The topological polar surface area (TPSA) is 85.2 Å². The van der Waals surface area contributed by atoms with Gasteiger partial charge in [-0.15, -0.1) is 0 Å². The molecule has 2 N–H and O–H groups in total. The molecule has 0 bridgehead atoms. The van der Waals surface area contributed by atoms with Crippen LogP contribution in [0.4, 0.5) is 0 Å². The fourth-order valence-corrected chi connectivity index (χ4v) is 3.95. The summed E-state index contributed by atoms with van der Waals surface area (Å²) in [4.78, 5) is 9.32. The summed E-state index contributed by atoms with van der Waals surface area (Å²) in [6.07, 6.45) is 1.55. The number of fused-ring (bicyclic) bond motifs is 1. The molecule has 5 atom stereocenters. The zero-order chi connectivity index (χ0) is 14.0. The lowest BCUT2D eigenvalue weighted by Gasteiger charge is -2.28. The van der Waals surface area contributed by atoms with Gasteiger partial charge in [0, 0.05) is 0 Å². The van der Waals surface area contributed by atoms with E-state index in [4.69, 9.17) is 13.8 Å². The molecule has 0 aromatic heterocycles. The zero-order valence-corrected chi connectivity index (χ0v) is 12.3. The molecule has 0 aromatic rings. The van der Waals surface area contributed by atoms with Crippen molar-refractivity contribution in [3.8, 4) is 0 Å². The second kappa shape index (κ2) is 6.20. The predicted molar refractivity (Wildman–Crippen MR) is 68.6 cm³/mol. The number of phosphoric acid groups is 1. The SMILES string of the molecule is CCCC(CCC)C1OC2COP(=O)(O)OC2C1O. The second-order valence-corrected chi connectivity index (χ2v) is 6.71. The number of hydrogen-bond acceptors (Lipinski definition) is 5. The van der Waals surface area contributed by atoms with E-state index in [-0.39, 0.29) is 18.6 Å². The summed E-state index contributed by atoms with van der Waals surface area (Å²) in [7, 11) is -4.02. The average molecular weight is 294 g/mol. The molecule has 2 saturated heterocycles. The molecule has 19 heavy (non-hydrogen) atoms. The standard InChI is InChI=1S/C12H23O6P/c1-3-5-8(6-4-2)11-10(13)12-9(17-11)7-16-19(14,15)18-12/h8-13H,3-7H2,1-2H3,(H,14,15). The van der Waals surface area contributed by atoms with Crippen LogP contribution in [-0.2, 0) is 18.3 Å². The van der Waals surface area contributed by atoms with Gasteiger partial charge in [-0.05, 0) is 18.8 Å². The van der Waals surface area contributed by atoms with Gasteiger partial charge in [-0.1, -0.05) is 26.7 Å². The third-order valence-electron chi connectivity index (χ3n) is 3.81. The Labute approximate surface area is 113 Å². The van der Waals surface area contributed by atoms with Crippen molar-refractivity contribution in [3.05, 3.63) is 0 Å². The number of aliphatic hydroxyl groups excluding tert-OH is 1. The van der Waals surface area contributed by atoms with Crippen molar-refractivity contribution in [1.82, 2.24) is 0 Å². The molecule has 0 saturated carbocycles. The van der Waals surface area contributed by atoms with Crippen molar-refractivity contribution in [2.45, 2.75) is 63.9 Å². The van der Waals surface area contributed by atoms with Crippen molar-refractivity contribution in [1.29, 1.82) is 0 Å². The maximum atomic E-state index is 11.4. The lowest BCUT2D eigenvalue weighted by atomic mass is 9.89. The molecule has 0 aliphatic carbocycles. The van der Waals surface area contributed by atoms with Crippen LogP contribution < -0.4 is 0 Å². The van der Waals surface area contributed by atoms with Crippen LogP contribution >= 0.6 is 7.82 Å². The summed E-state index contributed by atoms with van der Waals surface area (Å²) in [6, 6.07) is 0. The number of rotatable bonds is 5. The van der Waals surface area contributed by atoms with Crippen LogP contribution in [0.2, 0.25) is 0 Å². The van der Waals surface area contributed by atoms with Crippen LogP contribution in [0, 0.1) is 5.92 Å². The van der Waals surface area contributed by atoms with E-state index >= 15 is 0 Å². The Morgan fingerprint density at radius 2 is 1.95 bits per heavy atom. The van der Waals surface area contributed by atoms with Gasteiger partial charge in [-0.2, -0.15) is 0 Å². The quantitative estimate of drug-likeness (QED) is 0.753. The van der Waals surface area contributed by atoms with Crippen LogP contribution in [0.1, 0.15) is 39.5 Å². The van der Waals surface area contributed by atoms with Gasteiger partial charge in [-0.25, -0.2) is 4.57 Å². The Bertz CT molecular complexity index is 343. The summed E-state index contributed by atoms with van der Waals surface area (Å²) >= 11 is 0. The highest BCUT2D eigenvalue weighted by molar-refractivity contribution is 7.47. The van der Waals surface area contributed by atoms with E-state index in [2.05, 4.69) is 13.8 Å². The van der Waals surface area contributed by atoms with Gasteiger partial charge >= 0.3 is 7.82 Å². The fraction of sp³-hybridized carbons (Fsp3) is 1.00. The van der Waals surface area contributed by atoms with E-state index in [1.807, 2.05) is 0 Å². The largest absolute Gasteiger partial charge is 0.472 e. The Kier molecular flexibility index (Phi) is 5.04. The Hall–Kier alpha value is 0.0300. The Balaban J connectivity index is 2.06. The molecular formula is C12H23O6P. The van der Waals surface area contributed by atoms with E-state index in [1.165, 1.54) is 0 Å². The number of hydrogen-bond donors (Lipinski definition) is 2. The first kappa shape index (κ1) is 15.4. The molecule has 2 heterocycles. The molecule has 6 nitrogen and oxygen atoms in total. The van der Waals surface area contributed by atoms with Crippen molar-refractivity contribution in [2.24, 2.45) is 5.92 Å². The van der Waals surface area contributed by atoms with Gasteiger partial charge < -0.3 is 14.7 Å². The van der Waals surface area contributed by atoms with Crippen LogP contribution in [0.15, 0.2) is 0 Å². The summed E-state index contributed by atoms with van der Waals surface area (Å²) < 4.78 is 26.9. The normalized spacial score (nSPS) is 42.6. The van der Waals surface area contributed by atoms with Gasteiger partial charge in [0.1, 0.15) is 18.3 Å². The Morgan fingerprint density at radius 1 is 1.32 bits per heavy atom. The van der Waals surface area contributed by atoms with E-state index < -0.39 is 26.1 Å². The molecular weight excluding hydrogens is 271 g/mol. The van der Waals surface area contributed by atoms with Crippen LogP contribution in [-0.4, -0.2) is 41.0 Å². The molecule has 112 valence electrons. The third-order valence-corrected chi connectivity index (χ3v) is 4.80. The lowest BCUT2D eigenvalue weighted by molar-refractivity contribution is -0.0636. The van der Waals surface area contributed by atoms with Crippen LogP contribution in [0.25, 0.3) is 0 Å². The van der Waals surface area contributed by atoms with Crippen LogP contribution in [0.3, 0.4) is 0 Å². The first-order chi connectivity index (χ1) is 8.98. The lowest BCUT2D eigenvalue weighted by Crippen LogP contribution is -2.40. The Morgan fingerprint density at radius 3 is 2.53 bits per heavy atom. The van der Waals surface area contributed by atoms with Gasteiger partial charge in [-0.3, -0.25) is 9.05 Å². The van der Waals surface area contributed by atoms with Crippen molar-refractivity contribution < 1.29 is 28.3 Å². The van der Waals surface area contributed by atoms with E-state index in [1.54, 1.807) is 0 Å². The summed E-state index contributed by atoms with van der Waals surface area (Å²) in [6.45, 7) is 4.19. The first-order valence-corrected chi connectivity index (χ1v) is 8.47. The molecule has 0 spiro atoms. The van der Waals surface area contributed by atoms with Gasteiger partial charge in [0.15, 0.2) is 0 Å². The molecule has 0 amide bonds. The number of ether oxygens (including phenoxy) is 1. The maximum Gasteiger partial charge on any atom is 0.472 e. The second-order valence-electron chi connectivity index (χ2n) is 5.30. The summed E-state index contributed by atoms with van der Waals surface area (Å²) in [5.41, 5.74) is 0. The number of aliphatic hydroxyl groups is 1. The smallest absolute Gasteiger partial charge is 0.388 e. The third kappa shape index (κ3) is 3.38. The summed E-state index contributed by atoms with van der Waals surface area (Å²) in [5.74, 6) is 0.247. The van der Waals surface area contributed by atoms with E-state index in [0.29, 0.717) is 0 Å². The van der Waals surface area contributed by atoms with Gasteiger partial charge in [0.05, 0.1) is 12.7 Å². The highest BCUT2D eigenvalue weighted by atomic mass is 31.2. The molecule has 0 radical (unpaired) electrons.